The number of anilines is 2. The van der Waals surface area contributed by atoms with Gasteiger partial charge in [-0.15, -0.1) is 0 Å². The van der Waals surface area contributed by atoms with Gasteiger partial charge in [-0.1, -0.05) is 5.16 Å². The van der Waals surface area contributed by atoms with Crippen molar-refractivity contribution >= 4 is 28.3 Å². The van der Waals surface area contributed by atoms with Gasteiger partial charge in [0.2, 0.25) is 5.89 Å². The quantitative estimate of drug-likeness (QED) is 0.733. The molecule has 8 nitrogen and oxygen atoms in total. The molecule has 0 aliphatic heterocycles. The van der Waals surface area contributed by atoms with Crippen LogP contribution >= 0.6 is 11.5 Å². The number of hydrogen-bond donors (Lipinski definition) is 3. The number of rotatable bonds is 6. The summed E-state index contributed by atoms with van der Waals surface area (Å²) in [6.07, 6.45) is 0.559. The van der Waals surface area contributed by atoms with Crippen LogP contribution in [0.1, 0.15) is 35.9 Å². The van der Waals surface area contributed by atoms with Crippen molar-refractivity contribution in [2.24, 2.45) is 0 Å². The molecule has 2 heterocycles. The van der Waals surface area contributed by atoms with E-state index in [2.05, 4.69) is 25.1 Å². The molecule has 0 radical (unpaired) electrons. The van der Waals surface area contributed by atoms with E-state index in [1.165, 1.54) is 0 Å². The lowest BCUT2D eigenvalue weighted by Crippen LogP contribution is -2.31. The third kappa shape index (κ3) is 3.91. The molecule has 0 aromatic carbocycles. The van der Waals surface area contributed by atoms with Crippen molar-refractivity contribution in [3.8, 4) is 0 Å². The Balaban J connectivity index is 1.98. The summed E-state index contributed by atoms with van der Waals surface area (Å²) in [5.41, 5.74) is 6.15. The predicted molar refractivity (Wildman–Crippen MR) is 80.4 cm³/mol. The Morgan fingerprint density at radius 1 is 1.48 bits per heavy atom. The van der Waals surface area contributed by atoms with E-state index in [4.69, 9.17) is 10.3 Å². The van der Waals surface area contributed by atoms with Gasteiger partial charge in [-0.05, 0) is 32.3 Å². The fourth-order valence-corrected chi connectivity index (χ4v) is 2.44. The van der Waals surface area contributed by atoms with E-state index in [9.17, 15) is 4.79 Å². The molecule has 0 saturated carbocycles. The smallest absolute Gasteiger partial charge is 0.258 e. The minimum absolute atomic E-state index is 0.0334. The zero-order valence-corrected chi connectivity index (χ0v) is 13.0. The molecule has 2 aromatic rings. The Hall–Kier alpha value is -2.16. The number of hydrogen-bond acceptors (Lipinski definition) is 8. The van der Waals surface area contributed by atoms with Gasteiger partial charge in [-0.2, -0.15) is 9.36 Å². The summed E-state index contributed by atoms with van der Waals surface area (Å²) in [5, 5.41) is 10.3. The van der Waals surface area contributed by atoms with Crippen LogP contribution in [-0.4, -0.2) is 33.0 Å². The molecule has 0 atom stereocenters. The first-order valence-corrected chi connectivity index (χ1v) is 7.33. The molecule has 9 heteroatoms. The molecule has 0 unspecified atom stereocenters. The van der Waals surface area contributed by atoms with Crippen molar-refractivity contribution in [2.45, 2.75) is 33.2 Å². The van der Waals surface area contributed by atoms with E-state index in [1.807, 2.05) is 13.8 Å². The fraction of sp³-hybridized carbons (Fsp3) is 0.500. The highest BCUT2D eigenvalue weighted by molar-refractivity contribution is 7.11. The van der Waals surface area contributed by atoms with E-state index in [1.54, 1.807) is 6.92 Å². The normalized spacial score (nSPS) is 10.9. The third-order valence-corrected chi connectivity index (χ3v) is 3.38. The molecule has 0 saturated heterocycles. The Labute approximate surface area is 126 Å². The zero-order valence-electron chi connectivity index (χ0n) is 12.1. The van der Waals surface area contributed by atoms with Gasteiger partial charge in [0.25, 0.3) is 5.91 Å². The predicted octanol–water partition coefficient (Wildman–Crippen LogP) is 1.21. The van der Waals surface area contributed by atoms with Crippen LogP contribution in [0.3, 0.4) is 0 Å². The number of nitrogens with two attached hydrogens (primary N) is 1. The van der Waals surface area contributed by atoms with E-state index < -0.39 is 0 Å². The SMILES string of the molecule is Cc1noc(CCNc2snc(N)c2C(=O)NC(C)C)n1. The van der Waals surface area contributed by atoms with Crippen molar-refractivity contribution in [3.63, 3.8) is 0 Å². The second-order valence-electron chi connectivity index (χ2n) is 4.81. The van der Waals surface area contributed by atoms with Crippen molar-refractivity contribution < 1.29 is 9.32 Å². The number of carbonyl (C=O) groups is 1. The maximum Gasteiger partial charge on any atom is 0.258 e. The van der Waals surface area contributed by atoms with Gasteiger partial charge in [-0.25, -0.2) is 0 Å². The minimum atomic E-state index is -0.229. The molecular weight excluding hydrogens is 292 g/mol. The molecule has 0 fully saturated rings. The summed E-state index contributed by atoms with van der Waals surface area (Å²) in [6.45, 7) is 6.09. The van der Waals surface area contributed by atoms with Crippen molar-refractivity contribution in [1.29, 1.82) is 0 Å². The maximum absolute atomic E-state index is 12.1. The van der Waals surface area contributed by atoms with Crippen LogP contribution in [0.2, 0.25) is 0 Å². The summed E-state index contributed by atoms with van der Waals surface area (Å²) in [4.78, 5) is 16.2. The van der Waals surface area contributed by atoms with Crippen LogP contribution < -0.4 is 16.4 Å². The number of carbonyl (C=O) groups excluding carboxylic acids is 1. The Bertz CT molecular complexity index is 621. The van der Waals surface area contributed by atoms with Crippen LogP contribution in [0, 0.1) is 6.92 Å². The highest BCUT2D eigenvalue weighted by Crippen LogP contribution is 2.26. The average molecular weight is 310 g/mol. The molecule has 21 heavy (non-hydrogen) atoms. The van der Waals surface area contributed by atoms with E-state index in [0.717, 1.165) is 11.5 Å². The largest absolute Gasteiger partial charge is 0.382 e. The van der Waals surface area contributed by atoms with E-state index in [0.29, 0.717) is 35.2 Å². The van der Waals surface area contributed by atoms with E-state index in [-0.39, 0.29) is 17.8 Å². The number of aryl methyl sites for hydroxylation is 1. The van der Waals surface area contributed by atoms with Gasteiger partial charge in [0.1, 0.15) is 10.6 Å². The highest BCUT2D eigenvalue weighted by atomic mass is 32.1. The number of nitrogen functional groups attached to an aromatic ring is 1. The van der Waals surface area contributed by atoms with Crippen molar-refractivity contribution in [3.05, 3.63) is 17.3 Å². The standard InChI is InChI=1S/C12H18N6O2S/c1-6(2)15-11(19)9-10(13)18-21-12(9)14-5-4-8-16-7(3)17-20-8/h6,14H,4-5H2,1-3H3,(H2,13,18)(H,15,19). The number of aromatic nitrogens is 3. The second-order valence-corrected chi connectivity index (χ2v) is 5.59. The number of amides is 1. The summed E-state index contributed by atoms with van der Waals surface area (Å²) in [7, 11) is 0. The summed E-state index contributed by atoms with van der Waals surface area (Å²) >= 11 is 1.16. The van der Waals surface area contributed by atoms with Crippen LogP contribution in [-0.2, 0) is 6.42 Å². The van der Waals surface area contributed by atoms with Crippen LogP contribution in [0.5, 0.6) is 0 Å². The van der Waals surface area contributed by atoms with Gasteiger partial charge >= 0.3 is 0 Å². The topological polar surface area (TPSA) is 119 Å². The summed E-state index contributed by atoms with van der Waals surface area (Å²) < 4.78 is 9.04. The van der Waals surface area contributed by atoms with Gasteiger partial charge in [0.15, 0.2) is 11.6 Å². The van der Waals surface area contributed by atoms with Crippen LogP contribution in [0.15, 0.2) is 4.52 Å². The molecule has 114 valence electrons. The number of nitrogens with zero attached hydrogens (tertiary/aromatic N) is 3. The molecular formula is C12H18N6O2S. The summed E-state index contributed by atoms with van der Waals surface area (Å²) in [5.74, 6) is 1.15. The maximum atomic E-state index is 12.1. The second kappa shape index (κ2) is 6.53. The molecule has 0 bridgehead atoms. The molecule has 2 rings (SSSR count). The Morgan fingerprint density at radius 3 is 2.86 bits per heavy atom. The first-order valence-electron chi connectivity index (χ1n) is 6.56. The lowest BCUT2D eigenvalue weighted by molar-refractivity contribution is 0.0945. The minimum Gasteiger partial charge on any atom is -0.382 e. The van der Waals surface area contributed by atoms with Gasteiger partial charge in [-0.3, -0.25) is 4.79 Å². The highest BCUT2D eigenvalue weighted by Gasteiger charge is 2.19. The molecule has 0 aliphatic rings. The Kier molecular flexibility index (Phi) is 4.73. The van der Waals surface area contributed by atoms with Crippen molar-refractivity contribution in [1.82, 2.24) is 19.8 Å². The molecule has 2 aromatic heterocycles. The van der Waals surface area contributed by atoms with Crippen LogP contribution in [0.25, 0.3) is 0 Å². The fourth-order valence-electron chi connectivity index (χ4n) is 1.70. The lowest BCUT2D eigenvalue weighted by Gasteiger charge is -2.09. The Morgan fingerprint density at radius 2 is 2.24 bits per heavy atom. The van der Waals surface area contributed by atoms with Gasteiger partial charge in [0.05, 0.1) is 0 Å². The number of nitrogens with one attached hydrogen (secondary N) is 2. The molecule has 0 aliphatic carbocycles. The van der Waals surface area contributed by atoms with Gasteiger partial charge in [0, 0.05) is 19.0 Å². The lowest BCUT2D eigenvalue weighted by atomic mass is 10.2. The van der Waals surface area contributed by atoms with E-state index >= 15 is 0 Å². The van der Waals surface area contributed by atoms with Gasteiger partial charge < -0.3 is 20.9 Å². The first-order chi connectivity index (χ1) is 9.97. The third-order valence-electron chi connectivity index (χ3n) is 2.56. The van der Waals surface area contributed by atoms with Crippen LogP contribution in [0.4, 0.5) is 10.8 Å². The molecule has 4 N–H and O–H groups in total. The van der Waals surface area contributed by atoms with Crippen molar-refractivity contribution in [2.75, 3.05) is 17.6 Å². The first kappa shape index (κ1) is 15.2. The molecule has 0 spiro atoms. The average Bonchev–Trinajstić information content (AvgIpc) is 2.95. The molecule has 1 amide bonds. The summed E-state index contributed by atoms with van der Waals surface area (Å²) in [6, 6.07) is 0.0334. The zero-order chi connectivity index (χ0) is 15.4. The monoisotopic (exact) mass is 310 g/mol.